The van der Waals surface area contributed by atoms with Crippen LogP contribution in [0.1, 0.15) is 5.56 Å². The van der Waals surface area contributed by atoms with E-state index in [1.807, 2.05) is 18.2 Å². The largest absolute Gasteiger partial charge is 0.397 e. The molecule has 1 heterocycles. The summed E-state index contributed by atoms with van der Waals surface area (Å²) in [6.07, 6.45) is 0. The summed E-state index contributed by atoms with van der Waals surface area (Å²) in [5, 5.41) is 0. The van der Waals surface area contributed by atoms with Crippen molar-refractivity contribution in [3.8, 4) is 0 Å². The van der Waals surface area contributed by atoms with Crippen LogP contribution < -0.4 is 11.5 Å². The average Bonchev–Trinajstić information content (AvgIpc) is 2.45. The van der Waals surface area contributed by atoms with Crippen LogP contribution >= 0.6 is 0 Å². The van der Waals surface area contributed by atoms with E-state index < -0.39 is 0 Å². The molecule has 6 nitrogen and oxygen atoms in total. The number of anilines is 2. The first-order valence-electron chi connectivity index (χ1n) is 7.24. The molecule has 1 amide bonds. The van der Waals surface area contributed by atoms with Crippen molar-refractivity contribution in [1.82, 2.24) is 14.7 Å². The van der Waals surface area contributed by atoms with E-state index in [0.29, 0.717) is 17.9 Å². The minimum Gasteiger partial charge on any atom is -0.397 e. The fraction of sp³-hybridized carbons (Fsp3) is 0.533. The van der Waals surface area contributed by atoms with Gasteiger partial charge in [-0.2, -0.15) is 0 Å². The lowest BCUT2D eigenvalue weighted by Gasteiger charge is -2.34. The van der Waals surface area contributed by atoms with Crippen LogP contribution in [0.15, 0.2) is 18.2 Å². The van der Waals surface area contributed by atoms with E-state index in [1.165, 1.54) is 5.56 Å². The zero-order valence-corrected chi connectivity index (χ0v) is 12.9. The highest BCUT2D eigenvalue weighted by atomic mass is 16.2. The van der Waals surface area contributed by atoms with E-state index >= 15 is 0 Å². The van der Waals surface area contributed by atoms with Crippen LogP contribution in [0.4, 0.5) is 11.4 Å². The molecule has 0 radical (unpaired) electrons. The quantitative estimate of drug-likeness (QED) is 0.767. The molecule has 1 aromatic carbocycles. The standard InChI is InChI=1S/C15H25N5O/c1-18(2)15(21)11-20-7-5-19(6-8-20)10-12-3-4-13(16)14(17)9-12/h3-4,9H,5-8,10-11,16-17H2,1-2H3. The number of nitrogens with zero attached hydrogens (tertiary/aromatic N) is 3. The van der Waals surface area contributed by atoms with Crippen LogP contribution in [0.3, 0.4) is 0 Å². The molecule has 21 heavy (non-hydrogen) atoms. The summed E-state index contributed by atoms with van der Waals surface area (Å²) in [5.41, 5.74) is 14.0. The lowest BCUT2D eigenvalue weighted by Crippen LogP contribution is -2.48. The van der Waals surface area contributed by atoms with E-state index in [-0.39, 0.29) is 5.91 Å². The summed E-state index contributed by atoms with van der Waals surface area (Å²) in [6, 6.07) is 5.82. The van der Waals surface area contributed by atoms with Crippen LogP contribution in [0.25, 0.3) is 0 Å². The minimum atomic E-state index is 0.162. The maximum atomic E-state index is 11.7. The Morgan fingerprint density at radius 3 is 2.29 bits per heavy atom. The summed E-state index contributed by atoms with van der Waals surface area (Å²) in [5.74, 6) is 0.162. The molecule has 0 aromatic heterocycles. The molecule has 0 bridgehead atoms. The first kappa shape index (κ1) is 15.6. The van der Waals surface area contributed by atoms with Gasteiger partial charge in [0.15, 0.2) is 0 Å². The number of nitrogens with two attached hydrogens (primary N) is 2. The fourth-order valence-electron chi connectivity index (χ4n) is 2.42. The number of carbonyl (C=O) groups is 1. The highest BCUT2D eigenvalue weighted by Crippen LogP contribution is 2.17. The van der Waals surface area contributed by atoms with Crippen LogP contribution in [0.2, 0.25) is 0 Å². The van der Waals surface area contributed by atoms with E-state index in [2.05, 4.69) is 9.80 Å². The summed E-state index contributed by atoms with van der Waals surface area (Å²) in [4.78, 5) is 17.9. The van der Waals surface area contributed by atoms with E-state index in [4.69, 9.17) is 11.5 Å². The summed E-state index contributed by atoms with van der Waals surface area (Å²) >= 11 is 0. The SMILES string of the molecule is CN(C)C(=O)CN1CCN(Cc2ccc(N)c(N)c2)CC1. The van der Waals surface area contributed by atoms with Crippen molar-refractivity contribution in [2.45, 2.75) is 6.54 Å². The molecule has 0 saturated carbocycles. The molecule has 0 spiro atoms. The number of likely N-dealkylation sites (N-methyl/N-ethyl adjacent to an activating group) is 1. The van der Waals surface area contributed by atoms with Crippen molar-refractivity contribution in [3.05, 3.63) is 23.8 Å². The molecule has 1 aliphatic rings. The van der Waals surface area contributed by atoms with Gasteiger partial charge in [0.1, 0.15) is 0 Å². The molecule has 116 valence electrons. The maximum absolute atomic E-state index is 11.7. The molecule has 0 atom stereocenters. The summed E-state index contributed by atoms with van der Waals surface area (Å²) in [6.45, 7) is 5.15. The molecule has 1 aromatic rings. The van der Waals surface area contributed by atoms with Gasteiger partial charge >= 0.3 is 0 Å². The summed E-state index contributed by atoms with van der Waals surface area (Å²) in [7, 11) is 3.59. The van der Waals surface area contributed by atoms with Crippen LogP contribution in [-0.2, 0) is 11.3 Å². The molecule has 1 aliphatic heterocycles. The lowest BCUT2D eigenvalue weighted by atomic mass is 10.1. The number of hydrogen-bond acceptors (Lipinski definition) is 5. The van der Waals surface area contributed by atoms with Crippen molar-refractivity contribution < 1.29 is 4.79 Å². The van der Waals surface area contributed by atoms with Gasteiger partial charge in [-0.3, -0.25) is 14.6 Å². The van der Waals surface area contributed by atoms with Crippen molar-refractivity contribution >= 4 is 17.3 Å². The van der Waals surface area contributed by atoms with Gasteiger partial charge in [0, 0.05) is 46.8 Å². The third-order valence-corrected chi connectivity index (χ3v) is 3.88. The molecule has 1 saturated heterocycles. The summed E-state index contributed by atoms with van der Waals surface area (Å²) < 4.78 is 0. The third kappa shape index (κ3) is 4.34. The number of benzene rings is 1. The Balaban J connectivity index is 1.81. The zero-order valence-electron chi connectivity index (χ0n) is 12.9. The molecular weight excluding hydrogens is 266 g/mol. The molecule has 0 aliphatic carbocycles. The van der Waals surface area contributed by atoms with Crippen LogP contribution in [0.5, 0.6) is 0 Å². The Bertz CT molecular complexity index is 495. The van der Waals surface area contributed by atoms with Crippen LogP contribution in [-0.4, -0.2) is 67.4 Å². The van der Waals surface area contributed by atoms with E-state index in [1.54, 1.807) is 19.0 Å². The molecule has 6 heteroatoms. The number of amides is 1. The predicted molar refractivity (Wildman–Crippen MR) is 85.7 cm³/mol. The predicted octanol–water partition coefficient (Wildman–Crippen LogP) is 0.0568. The average molecular weight is 291 g/mol. The second-order valence-electron chi connectivity index (χ2n) is 5.80. The Hall–Kier alpha value is -1.79. The molecule has 1 fully saturated rings. The Labute approximate surface area is 126 Å². The fourth-order valence-corrected chi connectivity index (χ4v) is 2.42. The number of nitrogen functional groups attached to an aromatic ring is 2. The van der Waals surface area contributed by atoms with Crippen molar-refractivity contribution in [1.29, 1.82) is 0 Å². The second-order valence-corrected chi connectivity index (χ2v) is 5.80. The number of hydrogen-bond donors (Lipinski definition) is 2. The highest BCUT2D eigenvalue weighted by molar-refractivity contribution is 5.77. The van der Waals surface area contributed by atoms with Gasteiger partial charge in [-0.05, 0) is 17.7 Å². The maximum Gasteiger partial charge on any atom is 0.236 e. The lowest BCUT2D eigenvalue weighted by molar-refractivity contribution is -0.130. The molecule has 2 rings (SSSR count). The third-order valence-electron chi connectivity index (χ3n) is 3.88. The number of carbonyl (C=O) groups excluding carboxylic acids is 1. The Morgan fingerprint density at radius 2 is 1.71 bits per heavy atom. The Morgan fingerprint density at radius 1 is 1.10 bits per heavy atom. The van der Waals surface area contributed by atoms with E-state index in [9.17, 15) is 4.79 Å². The zero-order chi connectivity index (χ0) is 15.4. The Kier molecular flexibility index (Phi) is 5.03. The molecular formula is C15H25N5O. The topological polar surface area (TPSA) is 78.8 Å². The van der Waals surface area contributed by atoms with Gasteiger partial charge in [0.2, 0.25) is 5.91 Å². The van der Waals surface area contributed by atoms with Gasteiger partial charge in [0.25, 0.3) is 0 Å². The van der Waals surface area contributed by atoms with Gasteiger partial charge in [-0.1, -0.05) is 6.07 Å². The van der Waals surface area contributed by atoms with E-state index in [0.717, 1.165) is 32.7 Å². The van der Waals surface area contributed by atoms with Crippen molar-refractivity contribution in [3.63, 3.8) is 0 Å². The molecule has 4 N–H and O–H groups in total. The molecule has 0 unspecified atom stereocenters. The number of piperazine rings is 1. The van der Waals surface area contributed by atoms with Crippen molar-refractivity contribution in [2.75, 3.05) is 58.3 Å². The van der Waals surface area contributed by atoms with Crippen molar-refractivity contribution in [2.24, 2.45) is 0 Å². The van der Waals surface area contributed by atoms with Gasteiger partial charge in [-0.25, -0.2) is 0 Å². The second kappa shape index (κ2) is 6.78. The first-order valence-corrected chi connectivity index (χ1v) is 7.24. The highest BCUT2D eigenvalue weighted by Gasteiger charge is 2.19. The smallest absolute Gasteiger partial charge is 0.236 e. The van der Waals surface area contributed by atoms with Gasteiger partial charge < -0.3 is 16.4 Å². The van der Waals surface area contributed by atoms with Crippen LogP contribution in [0, 0.1) is 0 Å². The van der Waals surface area contributed by atoms with Gasteiger partial charge in [-0.15, -0.1) is 0 Å². The minimum absolute atomic E-state index is 0.162. The number of rotatable bonds is 4. The normalized spacial score (nSPS) is 16.9. The monoisotopic (exact) mass is 291 g/mol. The van der Waals surface area contributed by atoms with Gasteiger partial charge in [0.05, 0.1) is 17.9 Å². The first-order chi connectivity index (χ1) is 9.95.